The van der Waals surface area contributed by atoms with Crippen molar-refractivity contribution in [2.45, 2.75) is 38.1 Å². The topological polar surface area (TPSA) is 38.5 Å². The summed E-state index contributed by atoms with van der Waals surface area (Å²) in [4.78, 5) is 2.63. The van der Waals surface area contributed by atoms with Crippen molar-refractivity contribution in [2.75, 3.05) is 25.4 Å². The van der Waals surface area contributed by atoms with E-state index in [1.165, 1.54) is 31.4 Å². The molecule has 1 aliphatic rings. The van der Waals surface area contributed by atoms with E-state index in [4.69, 9.17) is 22.1 Å². The fourth-order valence-corrected chi connectivity index (χ4v) is 3.67. The van der Waals surface area contributed by atoms with Crippen LogP contribution in [0.2, 0.25) is 5.02 Å². The Morgan fingerprint density at radius 1 is 1.12 bits per heavy atom. The Morgan fingerprint density at radius 2 is 1.96 bits per heavy atom. The maximum Gasteiger partial charge on any atom is 0.121 e. The second kappa shape index (κ2) is 9.12. The van der Waals surface area contributed by atoms with Gasteiger partial charge < -0.3 is 10.5 Å². The van der Waals surface area contributed by atoms with E-state index in [9.17, 15) is 0 Å². The molecule has 0 spiro atoms. The lowest BCUT2D eigenvalue weighted by Gasteiger charge is -2.36. The summed E-state index contributed by atoms with van der Waals surface area (Å²) < 4.78 is 5.82. The first kappa shape index (κ1) is 18.1. The molecule has 25 heavy (non-hydrogen) atoms. The van der Waals surface area contributed by atoms with Crippen LogP contribution in [0.15, 0.2) is 48.5 Å². The summed E-state index contributed by atoms with van der Waals surface area (Å²) in [5.74, 6) is 0.858. The Kier molecular flexibility index (Phi) is 6.60. The van der Waals surface area contributed by atoms with Crippen LogP contribution in [-0.2, 0) is 6.42 Å². The Labute approximate surface area is 155 Å². The van der Waals surface area contributed by atoms with Crippen LogP contribution in [0, 0.1) is 0 Å². The number of nitrogen functional groups attached to an aromatic ring is 1. The molecule has 0 bridgehead atoms. The summed E-state index contributed by atoms with van der Waals surface area (Å²) in [5, 5.41) is 0.808. The van der Waals surface area contributed by atoms with E-state index in [1.807, 2.05) is 36.4 Å². The van der Waals surface area contributed by atoms with E-state index >= 15 is 0 Å². The number of nitrogens with two attached hydrogens (primary N) is 1. The van der Waals surface area contributed by atoms with Crippen LogP contribution in [0.25, 0.3) is 0 Å². The molecular weight excluding hydrogens is 332 g/mol. The fourth-order valence-electron chi connectivity index (χ4n) is 3.54. The van der Waals surface area contributed by atoms with Gasteiger partial charge in [-0.15, -0.1) is 0 Å². The minimum absolute atomic E-state index is 0.627. The maximum atomic E-state index is 6.00. The summed E-state index contributed by atoms with van der Waals surface area (Å²) in [6.07, 6.45) is 6.04. The number of nitrogens with zero attached hydrogens (tertiary/aromatic N) is 1. The predicted molar refractivity (Wildman–Crippen MR) is 105 cm³/mol. The van der Waals surface area contributed by atoms with Crippen LogP contribution >= 0.6 is 11.6 Å². The third-order valence-corrected chi connectivity index (χ3v) is 5.10. The average molecular weight is 359 g/mol. The number of ether oxygens (including phenoxy) is 1. The average Bonchev–Trinajstić information content (AvgIpc) is 2.62. The van der Waals surface area contributed by atoms with E-state index in [1.54, 1.807) is 0 Å². The molecule has 1 saturated heterocycles. The molecule has 3 rings (SSSR count). The molecule has 0 aromatic heterocycles. The van der Waals surface area contributed by atoms with Crippen molar-refractivity contribution in [2.24, 2.45) is 0 Å². The van der Waals surface area contributed by atoms with Gasteiger partial charge in [0.2, 0.25) is 0 Å². The van der Waals surface area contributed by atoms with Crippen LogP contribution in [0.3, 0.4) is 0 Å². The number of likely N-dealkylation sites (tertiary alicyclic amines) is 1. The van der Waals surface area contributed by atoms with Gasteiger partial charge in [-0.25, -0.2) is 0 Å². The highest BCUT2D eigenvalue weighted by molar-refractivity contribution is 6.30. The smallest absolute Gasteiger partial charge is 0.121 e. The lowest BCUT2D eigenvalue weighted by molar-refractivity contribution is 0.136. The standard InChI is InChI=1S/C21H27ClN2O/c22-18-10-8-17(9-11-18)15-20-6-1-2-12-24(20)13-4-14-25-21-7-3-5-19(23)16-21/h3,5,7-11,16,20H,1-2,4,6,12-15,23H2. The monoisotopic (exact) mass is 358 g/mol. The van der Waals surface area contributed by atoms with Crippen LogP contribution in [0.4, 0.5) is 5.69 Å². The van der Waals surface area contributed by atoms with Crippen molar-refractivity contribution in [3.05, 3.63) is 59.1 Å². The fraction of sp³-hybridized carbons (Fsp3) is 0.429. The van der Waals surface area contributed by atoms with E-state index in [0.717, 1.165) is 42.5 Å². The first-order chi connectivity index (χ1) is 12.2. The van der Waals surface area contributed by atoms with Crippen LogP contribution < -0.4 is 10.5 Å². The Bertz CT molecular complexity index is 659. The van der Waals surface area contributed by atoms with E-state index in [2.05, 4.69) is 17.0 Å². The molecule has 1 fully saturated rings. The lowest BCUT2D eigenvalue weighted by Crippen LogP contribution is -2.41. The number of benzene rings is 2. The molecule has 0 amide bonds. The van der Waals surface area contributed by atoms with Crippen molar-refractivity contribution in [3.8, 4) is 5.75 Å². The van der Waals surface area contributed by atoms with Gasteiger partial charge in [-0.2, -0.15) is 0 Å². The van der Waals surface area contributed by atoms with Gasteiger partial charge in [0.1, 0.15) is 5.75 Å². The van der Waals surface area contributed by atoms with Crippen molar-refractivity contribution in [1.29, 1.82) is 0 Å². The summed E-state index contributed by atoms with van der Waals surface area (Å²) in [6.45, 7) is 3.00. The Morgan fingerprint density at radius 3 is 2.76 bits per heavy atom. The number of rotatable bonds is 7. The number of piperidine rings is 1. The highest BCUT2D eigenvalue weighted by Gasteiger charge is 2.22. The second-order valence-corrected chi connectivity index (χ2v) is 7.23. The predicted octanol–water partition coefficient (Wildman–Crippen LogP) is 4.79. The molecule has 0 saturated carbocycles. The summed E-state index contributed by atoms with van der Waals surface area (Å²) in [5.41, 5.74) is 7.90. The zero-order valence-corrected chi connectivity index (χ0v) is 15.4. The van der Waals surface area contributed by atoms with Gasteiger partial charge in [-0.3, -0.25) is 4.90 Å². The first-order valence-corrected chi connectivity index (χ1v) is 9.55. The quantitative estimate of drug-likeness (QED) is 0.571. The summed E-state index contributed by atoms with van der Waals surface area (Å²) in [7, 11) is 0. The van der Waals surface area contributed by atoms with E-state index < -0.39 is 0 Å². The molecule has 2 aromatic rings. The molecule has 1 unspecified atom stereocenters. The number of anilines is 1. The third kappa shape index (κ3) is 5.65. The van der Waals surface area contributed by atoms with Crippen molar-refractivity contribution < 1.29 is 4.74 Å². The number of halogens is 1. The molecule has 0 aliphatic carbocycles. The van der Waals surface area contributed by atoms with Gasteiger partial charge in [0.15, 0.2) is 0 Å². The SMILES string of the molecule is Nc1cccc(OCCCN2CCCCC2Cc2ccc(Cl)cc2)c1. The molecule has 4 heteroatoms. The van der Waals surface area contributed by atoms with Crippen LogP contribution in [-0.4, -0.2) is 30.6 Å². The van der Waals surface area contributed by atoms with Crippen molar-refractivity contribution in [1.82, 2.24) is 4.90 Å². The minimum Gasteiger partial charge on any atom is -0.493 e. The molecule has 0 radical (unpaired) electrons. The highest BCUT2D eigenvalue weighted by Crippen LogP contribution is 2.22. The maximum absolute atomic E-state index is 6.00. The van der Waals surface area contributed by atoms with Gasteiger partial charge in [0.05, 0.1) is 6.61 Å². The zero-order chi connectivity index (χ0) is 17.5. The number of hydrogen-bond acceptors (Lipinski definition) is 3. The van der Waals surface area contributed by atoms with Gasteiger partial charge in [0, 0.05) is 29.4 Å². The van der Waals surface area contributed by atoms with Crippen molar-refractivity contribution in [3.63, 3.8) is 0 Å². The molecule has 2 aromatic carbocycles. The number of hydrogen-bond donors (Lipinski definition) is 1. The molecule has 134 valence electrons. The van der Waals surface area contributed by atoms with E-state index in [0.29, 0.717) is 6.04 Å². The second-order valence-electron chi connectivity index (χ2n) is 6.79. The Balaban J connectivity index is 1.46. The molecule has 1 aliphatic heterocycles. The van der Waals surface area contributed by atoms with Gasteiger partial charge in [-0.1, -0.05) is 36.2 Å². The Hall–Kier alpha value is -1.71. The zero-order valence-electron chi connectivity index (χ0n) is 14.7. The third-order valence-electron chi connectivity index (χ3n) is 4.85. The van der Waals surface area contributed by atoms with Gasteiger partial charge in [-0.05, 0) is 62.1 Å². The van der Waals surface area contributed by atoms with E-state index in [-0.39, 0.29) is 0 Å². The van der Waals surface area contributed by atoms with Gasteiger partial charge >= 0.3 is 0 Å². The molecule has 3 nitrogen and oxygen atoms in total. The highest BCUT2D eigenvalue weighted by atomic mass is 35.5. The lowest BCUT2D eigenvalue weighted by atomic mass is 9.95. The van der Waals surface area contributed by atoms with Crippen molar-refractivity contribution >= 4 is 17.3 Å². The minimum atomic E-state index is 0.627. The summed E-state index contributed by atoms with van der Waals surface area (Å²) in [6, 6.07) is 16.6. The van der Waals surface area contributed by atoms with Gasteiger partial charge in [0.25, 0.3) is 0 Å². The summed E-state index contributed by atoms with van der Waals surface area (Å²) >= 11 is 6.00. The van der Waals surface area contributed by atoms with Crippen LogP contribution in [0.5, 0.6) is 5.75 Å². The normalized spacial score (nSPS) is 18.2. The largest absolute Gasteiger partial charge is 0.493 e. The molecule has 1 heterocycles. The molecule has 1 atom stereocenters. The van der Waals surface area contributed by atoms with Crippen LogP contribution in [0.1, 0.15) is 31.2 Å². The molecule has 2 N–H and O–H groups in total. The first-order valence-electron chi connectivity index (χ1n) is 9.17. The molecular formula is C21H27ClN2O.